The summed E-state index contributed by atoms with van der Waals surface area (Å²) in [6.45, 7) is 6.12. The van der Waals surface area contributed by atoms with E-state index in [0.29, 0.717) is 12.1 Å². The van der Waals surface area contributed by atoms with E-state index in [0.717, 1.165) is 12.8 Å². The Balaban J connectivity index is 2.40. The Morgan fingerprint density at radius 2 is 1.93 bits per heavy atom. The van der Waals surface area contributed by atoms with Crippen LogP contribution in [0.25, 0.3) is 0 Å². The van der Waals surface area contributed by atoms with Crippen LogP contribution in [0.2, 0.25) is 0 Å². The third-order valence-electron chi connectivity index (χ3n) is 2.41. The summed E-state index contributed by atoms with van der Waals surface area (Å²) in [6.07, 6.45) is 1.96. The van der Waals surface area contributed by atoms with Gasteiger partial charge >= 0.3 is 5.97 Å². The van der Waals surface area contributed by atoms with Gasteiger partial charge in [0.15, 0.2) is 0 Å². The zero-order chi connectivity index (χ0) is 10.7. The van der Waals surface area contributed by atoms with Gasteiger partial charge in [-0.05, 0) is 33.6 Å². The number of ether oxygens (including phenoxy) is 1. The van der Waals surface area contributed by atoms with E-state index in [1.165, 1.54) is 0 Å². The fourth-order valence-electron chi connectivity index (χ4n) is 1.86. The molecule has 4 heteroatoms. The van der Waals surface area contributed by atoms with Crippen LogP contribution >= 0.6 is 22.6 Å². The highest BCUT2D eigenvalue weighted by Crippen LogP contribution is 2.18. The van der Waals surface area contributed by atoms with Gasteiger partial charge in [0, 0.05) is 12.1 Å². The second-order valence-electron chi connectivity index (χ2n) is 4.12. The van der Waals surface area contributed by atoms with Crippen LogP contribution in [0.3, 0.4) is 0 Å². The second-order valence-corrected chi connectivity index (χ2v) is 5.98. The number of carbonyl (C=O) groups is 1. The molecule has 0 radical (unpaired) electrons. The average molecular weight is 311 g/mol. The summed E-state index contributed by atoms with van der Waals surface area (Å²) in [4.78, 5) is 11.4. The summed E-state index contributed by atoms with van der Waals surface area (Å²) < 4.78 is 5.36. The lowest BCUT2D eigenvalue weighted by Crippen LogP contribution is -2.46. The third kappa shape index (κ3) is 3.73. The summed E-state index contributed by atoms with van der Waals surface area (Å²) in [5.41, 5.74) is 0. The molecule has 0 bridgehead atoms. The average Bonchev–Trinajstić information content (AvgIpc) is 2.01. The van der Waals surface area contributed by atoms with Gasteiger partial charge in [-0.15, -0.1) is 0 Å². The maximum atomic E-state index is 11.4. The molecule has 14 heavy (non-hydrogen) atoms. The van der Waals surface area contributed by atoms with Crippen LogP contribution < -0.4 is 5.32 Å². The number of rotatable bonds is 2. The van der Waals surface area contributed by atoms with Gasteiger partial charge in [0.05, 0.1) is 0 Å². The fraction of sp³-hybridized carbons (Fsp3) is 0.900. The van der Waals surface area contributed by atoms with Crippen LogP contribution in [0.5, 0.6) is 0 Å². The number of hydrogen-bond acceptors (Lipinski definition) is 3. The lowest BCUT2D eigenvalue weighted by atomic mass is 9.98. The van der Waals surface area contributed by atoms with Gasteiger partial charge < -0.3 is 10.1 Å². The van der Waals surface area contributed by atoms with E-state index in [2.05, 4.69) is 41.8 Å². The van der Waals surface area contributed by atoms with Crippen molar-refractivity contribution in [3.63, 3.8) is 0 Å². The highest BCUT2D eigenvalue weighted by Gasteiger charge is 2.26. The Bertz CT molecular complexity index is 198. The van der Waals surface area contributed by atoms with E-state index in [4.69, 9.17) is 4.74 Å². The molecule has 1 rings (SSSR count). The molecule has 0 saturated carbocycles. The molecule has 3 nitrogen and oxygen atoms in total. The number of hydrogen-bond donors (Lipinski definition) is 1. The topological polar surface area (TPSA) is 38.3 Å². The van der Waals surface area contributed by atoms with E-state index in [1.807, 2.05) is 6.92 Å². The molecule has 3 atom stereocenters. The molecule has 1 N–H and O–H groups in total. The lowest BCUT2D eigenvalue weighted by Gasteiger charge is -2.32. The third-order valence-corrected chi connectivity index (χ3v) is 2.92. The van der Waals surface area contributed by atoms with Gasteiger partial charge in [0.1, 0.15) is 10.0 Å². The molecule has 1 fully saturated rings. The van der Waals surface area contributed by atoms with Crippen LogP contribution in [0.1, 0.15) is 33.6 Å². The second kappa shape index (κ2) is 5.30. The molecule has 0 aromatic heterocycles. The maximum Gasteiger partial charge on any atom is 0.318 e. The predicted octanol–water partition coefficient (Wildman–Crippen LogP) is 1.88. The molecule has 1 saturated heterocycles. The van der Waals surface area contributed by atoms with Crippen LogP contribution in [0, 0.1) is 0 Å². The van der Waals surface area contributed by atoms with E-state index in [9.17, 15) is 4.79 Å². The van der Waals surface area contributed by atoms with E-state index in [1.54, 1.807) is 0 Å². The van der Waals surface area contributed by atoms with Gasteiger partial charge in [-0.1, -0.05) is 22.6 Å². The Morgan fingerprint density at radius 3 is 2.36 bits per heavy atom. The van der Waals surface area contributed by atoms with Gasteiger partial charge in [0.2, 0.25) is 0 Å². The first-order valence-corrected chi connectivity index (χ1v) is 6.34. The van der Waals surface area contributed by atoms with Crippen LogP contribution in [0.15, 0.2) is 0 Å². The van der Waals surface area contributed by atoms with Crippen molar-refractivity contribution in [2.24, 2.45) is 0 Å². The van der Waals surface area contributed by atoms with Crippen molar-refractivity contribution < 1.29 is 9.53 Å². The van der Waals surface area contributed by atoms with Gasteiger partial charge in [0.25, 0.3) is 0 Å². The molecule has 0 aromatic carbocycles. The molecule has 0 spiro atoms. The largest absolute Gasteiger partial charge is 0.461 e. The molecule has 1 aliphatic heterocycles. The van der Waals surface area contributed by atoms with Crippen LogP contribution in [0.4, 0.5) is 0 Å². The fourth-order valence-corrected chi connectivity index (χ4v) is 2.01. The molecule has 82 valence electrons. The Labute approximate surface area is 99.1 Å². The highest BCUT2D eigenvalue weighted by molar-refractivity contribution is 14.1. The minimum absolute atomic E-state index is 0.0481. The van der Waals surface area contributed by atoms with Crippen molar-refractivity contribution in [1.82, 2.24) is 5.32 Å². The van der Waals surface area contributed by atoms with Crippen molar-refractivity contribution in [2.45, 2.75) is 55.7 Å². The molecule has 0 aliphatic carbocycles. The van der Waals surface area contributed by atoms with Gasteiger partial charge in [-0.3, -0.25) is 4.79 Å². The minimum atomic E-state index is -0.0862. The molecule has 1 aliphatic rings. The standard InChI is InChI=1S/C10H18INO2/c1-6-4-9(5-7(2)12-6)14-10(13)8(3)11/h6-9,12H,4-5H2,1-3H3. The van der Waals surface area contributed by atoms with Gasteiger partial charge in [-0.25, -0.2) is 0 Å². The monoisotopic (exact) mass is 311 g/mol. The van der Waals surface area contributed by atoms with E-state index in [-0.39, 0.29) is 16.0 Å². The van der Waals surface area contributed by atoms with Crippen LogP contribution in [-0.2, 0) is 9.53 Å². The van der Waals surface area contributed by atoms with Crippen molar-refractivity contribution in [2.75, 3.05) is 0 Å². The lowest BCUT2D eigenvalue weighted by molar-refractivity contribution is -0.149. The molecular weight excluding hydrogens is 293 g/mol. The maximum absolute atomic E-state index is 11.4. The smallest absolute Gasteiger partial charge is 0.318 e. The minimum Gasteiger partial charge on any atom is -0.461 e. The molecule has 0 amide bonds. The first-order valence-electron chi connectivity index (χ1n) is 5.09. The summed E-state index contributed by atoms with van der Waals surface area (Å²) >= 11 is 2.08. The number of esters is 1. The molecule has 3 unspecified atom stereocenters. The first kappa shape index (κ1) is 12.2. The van der Waals surface area contributed by atoms with Crippen molar-refractivity contribution in [3.8, 4) is 0 Å². The molecule has 1 heterocycles. The summed E-state index contributed by atoms with van der Waals surface area (Å²) in [6, 6.07) is 0.891. The summed E-state index contributed by atoms with van der Waals surface area (Å²) in [5.74, 6) is -0.0862. The summed E-state index contributed by atoms with van der Waals surface area (Å²) in [5, 5.41) is 3.42. The first-order chi connectivity index (χ1) is 6.49. The van der Waals surface area contributed by atoms with E-state index >= 15 is 0 Å². The van der Waals surface area contributed by atoms with Crippen molar-refractivity contribution in [1.29, 1.82) is 0 Å². The number of halogens is 1. The van der Waals surface area contributed by atoms with Crippen molar-refractivity contribution in [3.05, 3.63) is 0 Å². The summed E-state index contributed by atoms with van der Waals surface area (Å²) in [7, 11) is 0. The van der Waals surface area contributed by atoms with Crippen molar-refractivity contribution >= 4 is 28.6 Å². The predicted molar refractivity (Wildman–Crippen MR) is 64.7 cm³/mol. The molecular formula is C10H18INO2. The number of alkyl halides is 1. The van der Waals surface area contributed by atoms with E-state index < -0.39 is 0 Å². The normalized spacial score (nSPS) is 35.0. The molecule has 0 aromatic rings. The van der Waals surface area contributed by atoms with Gasteiger partial charge in [-0.2, -0.15) is 0 Å². The number of nitrogens with one attached hydrogen (secondary N) is 1. The zero-order valence-electron chi connectivity index (χ0n) is 8.92. The Morgan fingerprint density at radius 1 is 1.43 bits per heavy atom. The highest BCUT2D eigenvalue weighted by atomic mass is 127. The zero-order valence-corrected chi connectivity index (χ0v) is 11.1. The SMILES string of the molecule is CC1CC(OC(=O)C(C)I)CC(C)N1. The number of piperidine rings is 1. The Hall–Kier alpha value is 0.160. The quantitative estimate of drug-likeness (QED) is 0.481. The Kier molecular flexibility index (Phi) is 4.63. The number of carbonyl (C=O) groups excluding carboxylic acids is 1. The van der Waals surface area contributed by atoms with Crippen LogP contribution in [-0.4, -0.2) is 28.1 Å².